The zero-order valence-corrected chi connectivity index (χ0v) is 11.9. The van der Waals surface area contributed by atoms with Gasteiger partial charge in [0.05, 0.1) is 5.54 Å². The van der Waals surface area contributed by atoms with Crippen molar-refractivity contribution in [1.29, 1.82) is 0 Å². The summed E-state index contributed by atoms with van der Waals surface area (Å²) in [4.78, 5) is 14.2. The Bertz CT molecular complexity index is 597. The number of rotatable bonds is 1. The van der Waals surface area contributed by atoms with Gasteiger partial charge in [0, 0.05) is 11.8 Å². The number of hydrogen-bond donors (Lipinski definition) is 2. The van der Waals surface area contributed by atoms with Crippen LogP contribution in [0.2, 0.25) is 0 Å². The zero-order chi connectivity index (χ0) is 14.2. The number of nitrogens with two attached hydrogens (primary N) is 1. The second-order valence-corrected chi connectivity index (χ2v) is 5.61. The van der Waals surface area contributed by atoms with Gasteiger partial charge in [0.1, 0.15) is 0 Å². The van der Waals surface area contributed by atoms with Crippen molar-refractivity contribution in [2.24, 2.45) is 11.7 Å². The molecule has 0 bridgehead atoms. The second kappa shape index (κ2) is 4.82. The van der Waals surface area contributed by atoms with Gasteiger partial charge in [-0.05, 0) is 49.8 Å². The van der Waals surface area contributed by atoms with Crippen LogP contribution in [0.3, 0.4) is 0 Å². The van der Waals surface area contributed by atoms with Crippen LogP contribution in [0.1, 0.15) is 37.9 Å². The average Bonchev–Trinajstić information content (AvgIpc) is 2.27. The SMILES string of the molecule is C=C1CC(C)/C(=C\C)C(N)(c2ccc(=O)[nH]c2C)C1. The number of aryl methyl sites for hydroxylation is 1. The van der Waals surface area contributed by atoms with Crippen molar-refractivity contribution in [2.45, 2.75) is 39.2 Å². The minimum Gasteiger partial charge on any atom is -0.326 e. The van der Waals surface area contributed by atoms with Gasteiger partial charge in [-0.2, -0.15) is 0 Å². The molecule has 2 unspecified atom stereocenters. The molecule has 102 valence electrons. The molecule has 1 aliphatic rings. The van der Waals surface area contributed by atoms with Crippen LogP contribution in [-0.4, -0.2) is 4.98 Å². The van der Waals surface area contributed by atoms with Gasteiger partial charge in [-0.3, -0.25) is 4.79 Å². The van der Waals surface area contributed by atoms with Crippen molar-refractivity contribution >= 4 is 0 Å². The normalized spacial score (nSPS) is 29.8. The first-order chi connectivity index (χ1) is 8.88. The van der Waals surface area contributed by atoms with Crippen LogP contribution in [0, 0.1) is 12.8 Å². The average molecular weight is 258 g/mol. The van der Waals surface area contributed by atoms with Crippen LogP contribution >= 0.6 is 0 Å². The molecule has 2 atom stereocenters. The highest BCUT2D eigenvalue weighted by molar-refractivity contribution is 5.42. The van der Waals surface area contributed by atoms with Crippen LogP contribution in [-0.2, 0) is 5.54 Å². The van der Waals surface area contributed by atoms with Gasteiger partial charge in [0.25, 0.3) is 0 Å². The van der Waals surface area contributed by atoms with Crippen LogP contribution in [0.15, 0.2) is 40.7 Å². The Morgan fingerprint density at radius 1 is 1.53 bits per heavy atom. The summed E-state index contributed by atoms with van der Waals surface area (Å²) in [6.07, 6.45) is 3.84. The molecule has 3 N–H and O–H groups in total. The highest BCUT2D eigenvalue weighted by atomic mass is 16.1. The molecule has 0 aromatic carbocycles. The number of nitrogens with one attached hydrogen (secondary N) is 1. The van der Waals surface area contributed by atoms with Crippen molar-refractivity contribution in [3.05, 3.63) is 57.5 Å². The molecule has 1 aliphatic carbocycles. The highest BCUT2D eigenvalue weighted by Crippen LogP contribution is 2.44. The van der Waals surface area contributed by atoms with Crippen molar-refractivity contribution in [3.8, 4) is 0 Å². The number of hydrogen-bond acceptors (Lipinski definition) is 2. The lowest BCUT2D eigenvalue weighted by Crippen LogP contribution is -2.45. The molecule has 0 aliphatic heterocycles. The van der Waals surface area contributed by atoms with E-state index in [0.29, 0.717) is 5.92 Å². The third-order valence-electron chi connectivity index (χ3n) is 4.08. The van der Waals surface area contributed by atoms with Gasteiger partial charge < -0.3 is 10.7 Å². The molecule has 1 fully saturated rings. The topological polar surface area (TPSA) is 58.9 Å². The van der Waals surface area contributed by atoms with Gasteiger partial charge >= 0.3 is 0 Å². The molecule has 3 heteroatoms. The Morgan fingerprint density at radius 3 is 2.79 bits per heavy atom. The largest absolute Gasteiger partial charge is 0.326 e. The van der Waals surface area contributed by atoms with E-state index in [4.69, 9.17) is 5.73 Å². The monoisotopic (exact) mass is 258 g/mol. The Morgan fingerprint density at radius 2 is 2.21 bits per heavy atom. The summed E-state index contributed by atoms with van der Waals surface area (Å²) in [5.74, 6) is 0.391. The van der Waals surface area contributed by atoms with Crippen LogP contribution in [0.4, 0.5) is 0 Å². The fourth-order valence-electron chi connectivity index (χ4n) is 3.41. The standard InChI is InChI=1S/C16H22N2O/c1-5-13-11(3)8-10(2)9-16(13,17)14-6-7-15(19)18-12(14)4/h5-7,11H,2,8-9,17H2,1,3-4H3,(H,18,19)/b13-5+. The molecule has 1 saturated carbocycles. The predicted molar refractivity (Wildman–Crippen MR) is 79.0 cm³/mol. The molecular weight excluding hydrogens is 236 g/mol. The molecule has 19 heavy (non-hydrogen) atoms. The minimum absolute atomic E-state index is 0.0884. The van der Waals surface area contributed by atoms with E-state index in [1.165, 1.54) is 11.1 Å². The maximum absolute atomic E-state index is 11.4. The first-order valence-corrected chi connectivity index (χ1v) is 6.71. The minimum atomic E-state index is -0.544. The molecule has 2 rings (SSSR count). The molecule has 1 aromatic rings. The van der Waals surface area contributed by atoms with Gasteiger partial charge in [-0.25, -0.2) is 0 Å². The van der Waals surface area contributed by atoms with E-state index in [0.717, 1.165) is 24.1 Å². The summed E-state index contributed by atoms with van der Waals surface area (Å²) in [5, 5.41) is 0. The third-order valence-corrected chi connectivity index (χ3v) is 4.08. The van der Waals surface area contributed by atoms with Gasteiger partial charge in [0.15, 0.2) is 0 Å². The van der Waals surface area contributed by atoms with E-state index >= 15 is 0 Å². The van der Waals surface area contributed by atoms with E-state index in [9.17, 15) is 4.79 Å². The number of aromatic nitrogens is 1. The van der Waals surface area contributed by atoms with Crippen molar-refractivity contribution < 1.29 is 0 Å². The van der Waals surface area contributed by atoms with E-state index < -0.39 is 5.54 Å². The molecule has 3 nitrogen and oxygen atoms in total. The smallest absolute Gasteiger partial charge is 0.248 e. The lowest BCUT2D eigenvalue weighted by molar-refractivity contribution is 0.397. The van der Waals surface area contributed by atoms with Crippen LogP contribution in [0.5, 0.6) is 0 Å². The third kappa shape index (κ3) is 2.30. The Hall–Kier alpha value is -1.61. The molecule has 1 aromatic heterocycles. The molecule has 1 heterocycles. The Labute approximate surface area is 114 Å². The molecule has 0 amide bonds. The zero-order valence-electron chi connectivity index (χ0n) is 11.9. The molecule has 0 radical (unpaired) electrons. The molecule has 0 spiro atoms. The quantitative estimate of drug-likeness (QED) is 0.761. The van der Waals surface area contributed by atoms with E-state index in [1.54, 1.807) is 6.07 Å². The molecule has 0 saturated heterocycles. The Balaban J connectivity index is 2.61. The summed E-state index contributed by atoms with van der Waals surface area (Å²) < 4.78 is 0. The first-order valence-electron chi connectivity index (χ1n) is 6.71. The summed E-state index contributed by atoms with van der Waals surface area (Å²) in [6, 6.07) is 3.40. The summed E-state index contributed by atoms with van der Waals surface area (Å²) >= 11 is 0. The molecular formula is C16H22N2O. The van der Waals surface area contributed by atoms with E-state index in [-0.39, 0.29) is 5.56 Å². The number of aromatic amines is 1. The summed E-state index contributed by atoms with van der Waals surface area (Å²) in [5.41, 5.74) is 10.3. The fourth-order valence-corrected chi connectivity index (χ4v) is 3.41. The van der Waals surface area contributed by atoms with Crippen LogP contribution < -0.4 is 11.3 Å². The lowest BCUT2D eigenvalue weighted by atomic mass is 9.67. The summed E-state index contributed by atoms with van der Waals surface area (Å²) in [6.45, 7) is 10.2. The van der Waals surface area contributed by atoms with Gasteiger partial charge in [-0.15, -0.1) is 0 Å². The lowest BCUT2D eigenvalue weighted by Gasteiger charge is -2.42. The maximum Gasteiger partial charge on any atom is 0.248 e. The number of allylic oxidation sites excluding steroid dienone is 1. The Kier molecular flexibility index (Phi) is 3.50. The van der Waals surface area contributed by atoms with Gasteiger partial charge in [-0.1, -0.05) is 25.2 Å². The van der Waals surface area contributed by atoms with Crippen molar-refractivity contribution in [3.63, 3.8) is 0 Å². The number of pyridine rings is 1. The van der Waals surface area contributed by atoms with Crippen molar-refractivity contribution in [1.82, 2.24) is 4.98 Å². The highest BCUT2D eigenvalue weighted by Gasteiger charge is 2.39. The second-order valence-electron chi connectivity index (χ2n) is 5.61. The fraction of sp³-hybridized carbons (Fsp3) is 0.438. The predicted octanol–water partition coefficient (Wildman–Crippen LogP) is 2.77. The van der Waals surface area contributed by atoms with Gasteiger partial charge in [0.2, 0.25) is 5.56 Å². The van der Waals surface area contributed by atoms with Crippen molar-refractivity contribution in [2.75, 3.05) is 0 Å². The summed E-state index contributed by atoms with van der Waals surface area (Å²) in [7, 11) is 0. The first kappa shape index (κ1) is 13.8. The van der Waals surface area contributed by atoms with Crippen LogP contribution in [0.25, 0.3) is 0 Å². The van der Waals surface area contributed by atoms with E-state index in [2.05, 4.69) is 24.6 Å². The number of H-pyrrole nitrogens is 1. The maximum atomic E-state index is 11.4. The van der Waals surface area contributed by atoms with E-state index in [1.807, 2.05) is 19.9 Å².